The van der Waals surface area contributed by atoms with Gasteiger partial charge in [0.1, 0.15) is 11.6 Å². The van der Waals surface area contributed by atoms with Crippen LogP contribution < -0.4 is 20.3 Å². The lowest BCUT2D eigenvalue weighted by molar-refractivity contribution is 0.415. The standard InChI is InChI=1S/C16H20N4O/c1-21-13-5-6-14(17)15(12-13)19-8-10-20(11-9-19)16-4-2-3-7-18-16/h2-7,12H,8-11,17H2,1H3. The Bertz CT molecular complexity index is 594. The summed E-state index contributed by atoms with van der Waals surface area (Å²) in [5, 5.41) is 0. The number of nitrogen functional groups attached to an aromatic ring is 1. The van der Waals surface area contributed by atoms with Crippen LogP contribution in [0.4, 0.5) is 17.2 Å². The number of methoxy groups -OCH3 is 1. The predicted molar refractivity (Wildman–Crippen MR) is 86.1 cm³/mol. The zero-order chi connectivity index (χ0) is 14.7. The van der Waals surface area contributed by atoms with E-state index in [1.165, 1.54) is 0 Å². The van der Waals surface area contributed by atoms with E-state index in [1.807, 2.05) is 36.5 Å². The number of hydrogen-bond donors (Lipinski definition) is 1. The second-order valence-electron chi connectivity index (χ2n) is 5.09. The van der Waals surface area contributed by atoms with Gasteiger partial charge in [0.2, 0.25) is 0 Å². The summed E-state index contributed by atoms with van der Waals surface area (Å²) in [6.45, 7) is 3.73. The van der Waals surface area contributed by atoms with Gasteiger partial charge in [0.05, 0.1) is 18.5 Å². The van der Waals surface area contributed by atoms with Gasteiger partial charge in [0.15, 0.2) is 0 Å². The van der Waals surface area contributed by atoms with E-state index in [9.17, 15) is 0 Å². The van der Waals surface area contributed by atoms with Gasteiger partial charge in [-0.05, 0) is 24.3 Å². The molecule has 1 aliphatic rings. The average molecular weight is 284 g/mol. The number of ether oxygens (including phenoxy) is 1. The van der Waals surface area contributed by atoms with Crippen LogP contribution in [0.25, 0.3) is 0 Å². The molecule has 5 nitrogen and oxygen atoms in total. The van der Waals surface area contributed by atoms with Crippen molar-refractivity contribution in [1.82, 2.24) is 4.98 Å². The number of anilines is 3. The molecular weight excluding hydrogens is 264 g/mol. The van der Waals surface area contributed by atoms with Gasteiger partial charge in [-0.15, -0.1) is 0 Å². The highest BCUT2D eigenvalue weighted by molar-refractivity contribution is 5.70. The monoisotopic (exact) mass is 284 g/mol. The second kappa shape index (κ2) is 5.91. The van der Waals surface area contributed by atoms with Gasteiger partial charge in [0, 0.05) is 38.4 Å². The minimum atomic E-state index is 0.794. The molecule has 0 radical (unpaired) electrons. The normalized spacial score (nSPS) is 15.1. The maximum Gasteiger partial charge on any atom is 0.128 e. The topological polar surface area (TPSA) is 54.6 Å². The lowest BCUT2D eigenvalue weighted by atomic mass is 10.2. The first-order valence-corrected chi connectivity index (χ1v) is 7.12. The maximum atomic E-state index is 6.10. The number of pyridine rings is 1. The largest absolute Gasteiger partial charge is 0.497 e. The van der Waals surface area contributed by atoms with Gasteiger partial charge < -0.3 is 20.3 Å². The Labute approximate surface area is 125 Å². The predicted octanol–water partition coefficient (Wildman–Crippen LogP) is 2.00. The summed E-state index contributed by atoms with van der Waals surface area (Å²) in [5.74, 6) is 1.88. The smallest absolute Gasteiger partial charge is 0.128 e. The zero-order valence-electron chi connectivity index (χ0n) is 12.2. The molecular formula is C16H20N4O. The fourth-order valence-electron chi connectivity index (χ4n) is 2.64. The van der Waals surface area contributed by atoms with E-state index in [0.717, 1.165) is 49.1 Å². The van der Waals surface area contributed by atoms with E-state index < -0.39 is 0 Å². The van der Waals surface area contributed by atoms with E-state index in [4.69, 9.17) is 10.5 Å². The lowest BCUT2D eigenvalue weighted by Crippen LogP contribution is -2.47. The number of piperazine rings is 1. The minimum Gasteiger partial charge on any atom is -0.497 e. The first-order valence-electron chi connectivity index (χ1n) is 7.12. The molecule has 110 valence electrons. The summed E-state index contributed by atoms with van der Waals surface area (Å²) < 4.78 is 5.29. The van der Waals surface area contributed by atoms with Gasteiger partial charge in [0.25, 0.3) is 0 Å². The third-order valence-corrected chi connectivity index (χ3v) is 3.83. The van der Waals surface area contributed by atoms with Crippen LogP contribution in [0.1, 0.15) is 0 Å². The Hall–Kier alpha value is -2.43. The molecule has 3 rings (SSSR count). The van der Waals surface area contributed by atoms with E-state index >= 15 is 0 Å². The molecule has 1 aliphatic heterocycles. The van der Waals surface area contributed by atoms with Gasteiger partial charge >= 0.3 is 0 Å². The number of aromatic nitrogens is 1. The van der Waals surface area contributed by atoms with E-state index in [1.54, 1.807) is 7.11 Å². The molecule has 1 saturated heterocycles. The van der Waals surface area contributed by atoms with Crippen LogP contribution in [0, 0.1) is 0 Å². The van der Waals surface area contributed by atoms with Crippen molar-refractivity contribution in [3.05, 3.63) is 42.6 Å². The summed E-state index contributed by atoms with van der Waals surface area (Å²) >= 11 is 0. The number of nitrogens with two attached hydrogens (primary N) is 1. The van der Waals surface area contributed by atoms with Crippen molar-refractivity contribution in [1.29, 1.82) is 0 Å². The molecule has 1 aromatic heterocycles. The molecule has 5 heteroatoms. The van der Waals surface area contributed by atoms with Gasteiger partial charge in [-0.2, -0.15) is 0 Å². The van der Waals surface area contributed by atoms with Gasteiger partial charge in [-0.3, -0.25) is 0 Å². The van der Waals surface area contributed by atoms with E-state index in [-0.39, 0.29) is 0 Å². The Kier molecular flexibility index (Phi) is 3.81. The highest BCUT2D eigenvalue weighted by Gasteiger charge is 2.19. The number of nitrogens with zero attached hydrogens (tertiary/aromatic N) is 3. The van der Waals surface area contributed by atoms with Crippen molar-refractivity contribution >= 4 is 17.2 Å². The van der Waals surface area contributed by atoms with E-state index in [0.29, 0.717) is 0 Å². The minimum absolute atomic E-state index is 0.794. The van der Waals surface area contributed by atoms with Crippen LogP contribution in [0.5, 0.6) is 5.75 Å². The third kappa shape index (κ3) is 2.86. The molecule has 1 fully saturated rings. The summed E-state index contributed by atoms with van der Waals surface area (Å²) in [5.41, 5.74) is 7.94. The van der Waals surface area contributed by atoms with Crippen LogP contribution in [-0.2, 0) is 0 Å². The van der Waals surface area contributed by atoms with Gasteiger partial charge in [-0.25, -0.2) is 4.98 Å². The fraction of sp³-hybridized carbons (Fsp3) is 0.312. The Morgan fingerprint density at radius 3 is 2.48 bits per heavy atom. The van der Waals surface area contributed by atoms with Crippen LogP contribution in [0.2, 0.25) is 0 Å². The first-order chi connectivity index (χ1) is 10.3. The second-order valence-corrected chi connectivity index (χ2v) is 5.09. The number of rotatable bonds is 3. The first kappa shape index (κ1) is 13.5. The summed E-state index contributed by atoms with van der Waals surface area (Å²) in [6, 6.07) is 11.8. The van der Waals surface area contributed by atoms with Crippen LogP contribution >= 0.6 is 0 Å². The molecule has 0 amide bonds. The molecule has 0 bridgehead atoms. The molecule has 0 atom stereocenters. The lowest BCUT2D eigenvalue weighted by Gasteiger charge is -2.37. The molecule has 2 aromatic rings. The molecule has 0 aliphatic carbocycles. The van der Waals surface area contributed by atoms with Crippen LogP contribution in [0.3, 0.4) is 0 Å². The zero-order valence-corrected chi connectivity index (χ0v) is 12.2. The number of hydrogen-bond acceptors (Lipinski definition) is 5. The summed E-state index contributed by atoms with van der Waals surface area (Å²) in [6.07, 6.45) is 1.84. The SMILES string of the molecule is COc1ccc(N)c(N2CCN(c3ccccn3)CC2)c1. The Morgan fingerprint density at radius 1 is 1.05 bits per heavy atom. The fourth-order valence-corrected chi connectivity index (χ4v) is 2.64. The van der Waals surface area contributed by atoms with Crippen molar-refractivity contribution in [2.75, 3.05) is 48.8 Å². The Balaban J connectivity index is 1.71. The number of benzene rings is 1. The average Bonchev–Trinajstić information content (AvgIpc) is 2.56. The van der Waals surface area contributed by atoms with Crippen molar-refractivity contribution in [2.24, 2.45) is 0 Å². The van der Waals surface area contributed by atoms with Crippen molar-refractivity contribution < 1.29 is 4.74 Å². The van der Waals surface area contributed by atoms with Crippen LogP contribution in [0.15, 0.2) is 42.6 Å². The molecule has 0 saturated carbocycles. The molecule has 0 unspecified atom stereocenters. The molecule has 21 heavy (non-hydrogen) atoms. The quantitative estimate of drug-likeness (QED) is 0.874. The maximum absolute atomic E-state index is 6.10. The van der Waals surface area contributed by atoms with Crippen molar-refractivity contribution in [2.45, 2.75) is 0 Å². The molecule has 1 aromatic carbocycles. The molecule has 2 heterocycles. The highest BCUT2D eigenvalue weighted by Crippen LogP contribution is 2.29. The van der Waals surface area contributed by atoms with E-state index in [2.05, 4.69) is 20.9 Å². The van der Waals surface area contributed by atoms with Crippen LogP contribution in [-0.4, -0.2) is 38.3 Å². The molecule has 0 spiro atoms. The summed E-state index contributed by atoms with van der Waals surface area (Å²) in [7, 11) is 1.67. The summed E-state index contributed by atoms with van der Waals surface area (Å²) in [4.78, 5) is 9.01. The Morgan fingerprint density at radius 2 is 1.81 bits per heavy atom. The highest BCUT2D eigenvalue weighted by atomic mass is 16.5. The third-order valence-electron chi connectivity index (χ3n) is 3.83. The van der Waals surface area contributed by atoms with Crippen molar-refractivity contribution in [3.8, 4) is 5.75 Å². The van der Waals surface area contributed by atoms with Gasteiger partial charge in [-0.1, -0.05) is 6.07 Å². The van der Waals surface area contributed by atoms with Crippen molar-refractivity contribution in [3.63, 3.8) is 0 Å². The molecule has 2 N–H and O–H groups in total.